The standard InChI is InChI=1S/C12H16O4/c1-7(13)16-8-2-3-9-10(6-8)12-11(9)14-4-5-15-12/h6,9-12H,2-5H2,1H3/t9-,10+,11-,12+/m0/s1. The van der Waals surface area contributed by atoms with E-state index in [4.69, 9.17) is 14.2 Å². The third-order valence-electron chi connectivity index (χ3n) is 3.70. The second-order valence-corrected chi connectivity index (χ2v) is 4.68. The summed E-state index contributed by atoms with van der Waals surface area (Å²) in [5, 5.41) is 0. The van der Waals surface area contributed by atoms with Crippen molar-refractivity contribution in [2.75, 3.05) is 13.2 Å². The number of carbonyl (C=O) groups excluding carboxylic acids is 1. The second-order valence-electron chi connectivity index (χ2n) is 4.68. The Bertz CT molecular complexity index is 336. The number of rotatable bonds is 1. The lowest BCUT2D eigenvalue weighted by molar-refractivity contribution is -0.242. The van der Waals surface area contributed by atoms with Crippen LogP contribution in [0, 0.1) is 11.8 Å². The molecule has 0 spiro atoms. The molecule has 3 aliphatic rings. The van der Waals surface area contributed by atoms with Crippen LogP contribution < -0.4 is 0 Å². The maximum atomic E-state index is 10.9. The van der Waals surface area contributed by atoms with Crippen LogP contribution in [0.1, 0.15) is 19.8 Å². The summed E-state index contributed by atoms with van der Waals surface area (Å²) in [6.07, 6.45) is 4.39. The highest BCUT2D eigenvalue weighted by Gasteiger charge is 2.53. The van der Waals surface area contributed by atoms with E-state index in [2.05, 4.69) is 6.08 Å². The molecule has 88 valence electrons. The van der Waals surface area contributed by atoms with Gasteiger partial charge in [-0.2, -0.15) is 0 Å². The Labute approximate surface area is 94.5 Å². The van der Waals surface area contributed by atoms with Crippen molar-refractivity contribution >= 4 is 5.97 Å². The van der Waals surface area contributed by atoms with Gasteiger partial charge in [-0.25, -0.2) is 0 Å². The summed E-state index contributed by atoms with van der Waals surface area (Å²) < 4.78 is 16.5. The van der Waals surface area contributed by atoms with Gasteiger partial charge in [-0.1, -0.05) is 0 Å². The smallest absolute Gasteiger partial charge is 0.307 e. The lowest BCUT2D eigenvalue weighted by atomic mass is 9.63. The maximum Gasteiger partial charge on any atom is 0.307 e. The van der Waals surface area contributed by atoms with Crippen LogP contribution in [0.2, 0.25) is 0 Å². The summed E-state index contributed by atoms with van der Waals surface area (Å²) in [6, 6.07) is 0. The van der Waals surface area contributed by atoms with Crippen LogP contribution in [0.3, 0.4) is 0 Å². The van der Waals surface area contributed by atoms with E-state index in [9.17, 15) is 4.79 Å². The Morgan fingerprint density at radius 1 is 1.38 bits per heavy atom. The average molecular weight is 224 g/mol. The molecule has 0 aromatic heterocycles. The fourth-order valence-electron chi connectivity index (χ4n) is 3.02. The Kier molecular flexibility index (Phi) is 2.48. The van der Waals surface area contributed by atoms with Gasteiger partial charge in [-0.05, 0) is 18.4 Å². The van der Waals surface area contributed by atoms with Gasteiger partial charge in [0, 0.05) is 19.3 Å². The van der Waals surface area contributed by atoms with Gasteiger partial charge < -0.3 is 14.2 Å². The van der Waals surface area contributed by atoms with Gasteiger partial charge in [0.25, 0.3) is 0 Å². The minimum atomic E-state index is -0.235. The van der Waals surface area contributed by atoms with Crippen molar-refractivity contribution in [3.05, 3.63) is 11.8 Å². The summed E-state index contributed by atoms with van der Waals surface area (Å²) in [6.45, 7) is 2.84. The SMILES string of the molecule is CC(=O)OC1=C[C@@H]2[C@H](CC1)[C@@H]1OCCO[C@H]21. The molecule has 0 aromatic rings. The third kappa shape index (κ3) is 1.57. The molecule has 2 fully saturated rings. The number of hydrogen-bond acceptors (Lipinski definition) is 4. The van der Waals surface area contributed by atoms with Crippen molar-refractivity contribution in [1.82, 2.24) is 0 Å². The lowest BCUT2D eigenvalue weighted by Gasteiger charge is -2.54. The summed E-state index contributed by atoms with van der Waals surface area (Å²) in [5.74, 6) is 1.51. The van der Waals surface area contributed by atoms with Crippen LogP contribution in [0.5, 0.6) is 0 Å². The molecular weight excluding hydrogens is 208 g/mol. The van der Waals surface area contributed by atoms with Crippen molar-refractivity contribution in [2.45, 2.75) is 32.0 Å². The summed E-state index contributed by atoms with van der Waals surface area (Å²) in [7, 11) is 0. The topological polar surface area (TPSA) is 44.8 Å². The Morgan fingerprint density at radius 2 is 2.12 bits per heavy atom. The normalized spacial score (nSPS) is 41.2. The second kappa shape index (κ2) is 3.86. The van der Waals surface area contributed by atoms with Crippen LogP contribution in [-0.2, 0) is 19.0 Å². The minimum Gasteiger partial charge on any atom is -0.432 e. The predicted octanol–water partition coefficient (Wildman–Crippen LogP) is 1.26. The minimum absolute atomic E-state index is 0.185. The summed E-state index contributed by atoms with van der Waals surface area (Å²) in [5.41, 5.74) is 0. The van der Waals surface area contributed by atoms with Crippen LogP contribution in [0.15, 0.2) is 11.8 Å². The van der Waals surface area contributed by atoms with E-state index >= 15 is 0 Å². The number of fused-ring (bicyclic) bond motifs is 4. The lowest BCUT2D eigenvalue weighted by Crippen LogP contribution is -2.61. The van der Waals surface area contributed by atoms with Crippen molar-refractivity contribution in [2.24, 2.45) is 11.8 Å². The van der Waals surface area contributed by atoms with Gasteiger partial charge in [0.1, 0.15) is 5.76 Å². The fourth-order valence-corrected chi connectivity index (χ4v) is 3.02. The zero-order chi connectivity index (χ0) is 11.1. The molecule has 4 atom stereocenters. The van der Waals surface area contributed by atoms with Crippen molar-refractivity contribution in [3.63, 3.8) is 0 Å². The zero-order valence-electron chi connectivity index (χ0n) is 9.35. The van der Waals surface area contributed by atoms with E-state index in [0.717, 1.165) is 18.6 Å². The van der Waals surface area contributed by atoms with Crippen molar-refractivity contribution in [1.29, 1.82) is 0 Å². The van der Waals surface area contributed by atoms with Crippen molar-refractivity contribution < 1.29 is 19.0 Å². The average Bonchev–Trinajstić information content (AvgIpc) is 2.26. The highest BCUT2D eigenvalue weighted by molar-refractivity contribution is 5.67. The molecule has 3 rings (SSSR count). The molecule has 16 heavy (non-hydrogen) atoms. The van der Waals surface area contributed by atoms with Gasteiger partial charge in [0.2, 0.25) is 0 Å². The van der Waals surface area contributed by atoms with Gasteiger partial charge in [-0.3, -0.25) is 4.79 Å². The zero-order valence-corrected chi connectivity index (χ0v) is 9.35. The first-order chi connectivity index (χ1) is 7.75. The van der Waals surface area contributed by atoms with E-state index in [1.54, 1.807) is 0 Å². The molecular formula is C12H16O4. The largest absolute Gasteiger partial charge is 0.432 e. The Hall–Kier alpha value is -0.870. The third-order valence-corrected chi connectivity index (χ3v) is 3.70. The highest BCUT2D eigenvalue weighted by Crippen LogP contribution is 2.48. The van der Waals surface area contributed by atoms with Crippen LogP contribution in [0.25, 0.3) is 0 Å². The first-order valence-corrected chi connectivity index (χ1v) is 5.88. The Morgan fingerprint density at radius 3 is 2.88 bits per heavy atom. The van der Waals surface area contributed by atoms with Crippen molar-refractivity contribution in [3.8, 4) is 0 Å². The number of allylic oxidation sites excluding steroid dienone is 1. The maximum absolute atomic E-state index is 10.9. The molecule has 0 N–H and O–H groups in total. The van der Waals surface area contributed by atoms with Crippen LogP contribution >= 0.6 is 0 Å². The molecule has 1 saturated heterocycles. The highest BCUT2D eigenvalue weighted by atomic mass is 16.6. The van der Waals surface area contributed by atoms with Gasteiger partial charge in [0.15, 0.2) is 0 Å². The van der Waals surface area contributed by atoms with Gasteiger partial charge >= 0.3 is 5.97 Å². The monoisotopic (exact) mass is 224 g/mol. The van der Waals surface area contributed by atoms with Crippen LogP contribution in [0.4, 0.5) is 0 Å². The number of esters is 1. The molecule has 0 radical (unpaired) electrons. The molecule has 1 saturated carbocycles. The van der Waals surface area contributed by atoms with E-state index in [-0.39, 0.29) is 18.2 Å². The quantitative estimate of drug-likeness (QED) is 0.629. The number of hydrogen-bond donors (Lipinski definition) is 0. The molecule has 4 nitrogen and oxygen atoms in total. The number of ether oxygens (including phenoxy) is 3. The van der Waals surface area contributed by atoms with Gasteiger partial charge in [0.05, 0.1) is 25.4 Å². The molecule has 0 unspecified atom stereocenters. The molecule has 0 bridgehead atoms. The summed E-state index contributed by atoms with van der Waals surface area (Å²) >= 11 is 0. The fraction of sp³-hybridized carbons (Fsp3) is 0.750. The molecule has 1 aliphatic heterocycles. The molecule has 1 heterocycles. The van der Waals surface area contributed by atoms with E-state index in [1.807, 2.05) is 0 Å². The molecule has 0 aromatic carbocycles. The Balaban J connectivity index is 1.71. The molecule has 0 amide bonds. The van der Waals surface area contributed by atoms with Gasteiger partial charge in [-0.15, -0.1) is 0 Å². The first kappa shape index (κ1) is 10.3. The van der Waals surface area contributed by atoms with E-state index in [0.29, 0.717) is 25.0 Å². The number of carbonyl (C=O) groups is 1. The molecule has 2 aliphatic carbocycles. The van der Waals surface area contributed by atoms with E-state index in [1.165, 1.54) is 6.92 Å². The summed E-state index contributed by atoms with van der Waals surface area (Å²) in [4.78, 5) is 10.9. The predicted molar refractivity (Wildman–Crippen MR) is 55.5 cm³/mol. The molecule has 4 heteroatoms. The van der Waals surface area contributed by atoms with Crippen LogP contribution in [-0.4, -0.2) is 31.4 Å². The first-order valence-electron chi connectivity index (χ1n) is 5.88. The van der Waals surface area contributed by atoms with E-state index < -0.39 is 0 Å².